The summed E-state index contributed by atoms with van der Waals surface area (Å²) in [6.45, 7) is 6.57. The van der Waals surface area contributed by atoms with Gasteiger partial charge in [0.25, 0.3) is 5.56 Å². The van der Waals surface area contributed by atoms with Crippen LogP contribution in [0.3, 0.4) is 0 Å². The highest BCUT2D eigenvalue weighted by Crippen LogP contribution is 2.20. The number of rotatable bonds is 7. The standard InChI is InChI=1S/C14H23ClN4O2/c1-5-6-7-19-12(20)11(15)10(8-18-19)17-9-14(2,3)13(21)16-4/h8,17H,5-7,9H2,1-4H3,(H,16,21). The highest BCUT2D eigenvalue weighted by atomic mass is 35.5. The maximum Gasteiger partial charge on any atom is 0.287 e. The second kappa shape index (κ2) is 7.45. The topological polar surface area (TPSA) is 76.0 Å². The molecule has 2 N–H and O–H groups in total. The molecule has 0 spiro atoms. The first-order chi connectivity index (χ1) is 9.83. The quantitative estimate of drug-likeness (QED) is 0.805. The van der Waals surface area contributed by atoms with E-state index in [1.165, 1.54) is 10.9 Å². The van der Waals surface area contributed by atoms with E-state index in [9.17, 15) is 9.59 Å². The van der Waals surface area contributed by atoms with Gasteiger partial charge in [-0.15, -0.1) is 0 Å². The van der Waals surface area contributed by atoms with Crippen molar-refractivity contribution in [3.63, 3.8) is 0 Å². The highest BCUT2D eigenvalue weighted by Gasteiger charge is 2.26. The van der Waals surface area contributed by atoms with Crippen molar-refractivity contribution in [2.45, 2.75) is 40.2 Å². The van der Waals surface area contributed by atoms with Crippen LogP contribution in [-0.2, 0) is 11.3 Å². The summed E-state index contributed by atoms with van der Waals surface area (Å²) in [6.07, 6.45) is 3.38. The van der Waals surface area contributed by atoms with Gasteiger partial charge in [0.05, 0.1) is 17.3 Å². The number of aromatic nitrogens is 2. The van der Waals surface area contributed by atoms with Crippen LogP contribution >= 0.6 is 11.6 Å². The van der Waals surface area contributed by atoms with Gasteiger partial charge in [0.2, 0.25) is 5.91 Å². The van der Waals surface area contributed by atoms with Crippen LogP contribution in [0.5, 0.6) is 0 Å². The molecule has 0 unspecified atom stereocenters. The Kier molecular flexibility index (Phi) is 6.20. The number of hydrogen-bond donors (Lipinski definition) is 2. The first-order valence-corrected chi connectivity index (χ1v) is 7.43. The molecule has 7 heteroatoms. The van der Waals surface area contributed by atoms with Gasteiger partial charge in [-0.05, 0) is 20.3 Å². The summed E-state index contributed by atoms with van der Waals surface area (Å²) in [6, 6.07) is 0. The molecule has 1 heterocycles. The number of halogens is 1. The molecule has 6 nitrogen and oxygen atoms in total. The minimum atomic E-state index is -0.616. The maximum absolute atomic E-state index is 12.1. The number of hydrogen-bond acceptors (Lipinski definition) is 4. The van der Waals surface area contributed by atoms with Crippen molar-refractivity contribution in [2.24, 2.45) is 5.41 Å². The molecule has 21 heavy (non-hydrogen) atoms. The fourth-order valence-corrected chi connectivity index (χ4v) is 2.00. The number of anilines is 1. The van der Waals surface area contributed by atoms with E-state index in [4.69, 9.17) is 11.6 Å². The van der Waals surface area contributed by atoms with Gasteiger partial charge in [0, 0.05) is 20.1 Å². The third-order valence-corrected chi connectivity index (χ3v) is 3.64. The third kappa shape index (κ3) is 4.46. The fraction of sp³-hybridized carbons (Fsp3) is 0.643. The van der Waals surface area contributed by atoms with Gasteiger partial charge in [-0.2, -0.15) is 5.10 Å². The second-order valence-electron chi connectivity index (χ2n) is 5.57. The normalized spacial score (nSPS) is 11.3. The third-order valence-electron chi connectivity index (χ3n) is 3.27. The van der Waals surface area contributed by atoms with Crippen LogP contribution in [0.25, 0.3) is 0 Å². The SMILES string of the molecule is CCCCn1ncc(NCC(C)(C)C(=O)NC)c(Cl)c1=O. The van der Waals surface area contributed by atoms with Gasteiger partial charge in [0.15, 0.2) is 0 Å². The highest BCUT2D eigenvalue weighted by molar-refractivity contribution is 6.32. The van der Waals surface area contributed by atoms with Gasteiger partial charge in [0.1, 0.15) is 5.02 Å². The van der Waals surface area contributed by atoms with Gasteiger partial charge < -0.3 is 10.6 Å². The Morgan fingerprint density at radius 1 is 1.48 bits per heavy atom. The summed E-state index contributed by atoms with van der Waals surface area (Å²) in [4.78, 5) is 23.8. The summed E-state index contributed by atoms with van der Waals surface area (Å²) in [5.41, 5.74) is -0.478. The average molecular weight is 315 g/mol. The summed E-state index contributed by atoms with van der Waals surface area (Å²) in [5.74, 6) is -0.0876. The summed E-state index contributed by atoms with van der Waals surface area (Å²) in [5, 5.41) is 9.83. The Labute approximate surface area is 129 Å². The summed E-state index contributed by atoms with van der Waals surface area (Å²) in [7, 11) is 1.59. The summed E-state index contributed by atoms with van der Waals surface area (Å²) >= 11 is 6.08. The lowest BCUT2D eigenvalue weighted by molar-refractivity contribution is -0.128. The number of nitrogens with one attached hydrogen (secondary N) is 2. The molecule has 0 aliphatic heterocycles. The molecule has 0 aromatic carbocycles. The molecule has 1 aromatic rings. The van der Waals surface area contributed by atoms with Crippen molar-refractivity contribution in [3.05, 3.63) is 21.6 Å². The first kappa shape index (κ1) is 17.5. The van der Waals surface area contributed by atoms with Crippen molar-refractivity contribution in [1.29, 1.82) is 0 Å². The van der Waals surface area contributed by atoms with E-state index < -0.39 is 5.41 Å². The van der Waals surface area contributed by atoms with E-state index in [0.717, 1.165) is 12.8 Å². The lowest BCUT2D eigenvalue weighted by Crippen LogP contribution is -2.39. The van der Waals surface area contributed by atoms with Crippen LogP contribution in [0.4, 0.5) is 5.69 Å². The Bertz CT molecular complexity index is 554. The van der Waals surface area contributed by atoms with Crippen LogP contribution in [0.1, 0.15) is 33.6 Å². The van der Waals surface area contributed by atoms with Crippen molar-refractivity contribution >= 4 is 23.2 Å². The van der Waals surface area contributed by atoms with Crippen LogP contribution in [0, 0.1) is 5.41 Å². The molecule has 0 atom stereocenters. The smallest absolute Gasteiger partial charge is 0.287 e. The molecule has 0 saturated heterocycles. The van der Waals surface area contributed by atoms with Gasteiger partial charge in [-0.25, -0.2) is 4.68 Å². The molecule has 0 bridgehead atoms. The van der Waals surface area contributed by atoms with Crippen LogP contribution in [0.15, 0.2) is 11.0 Å². The van der Waals surface area contributed by atoms with Crippen LogP contribution in [0.2, 0.25) is 5.02 Å². The van der Waals surface area contributed by atoms with Crippen molar-refractivity contribution < 1.29 is 4.79 Å². The van der Waals surface area contributed by atoms with Crippen LogP contribution < -0.4 is 16.2 Å². The second-order valence-corrected chi connectivity index (χ2v) is 5.95. The van der Waals surface area contributed by atoms with Gasteiger partial charge >= 0.3 is 0 Å². The van der Waals surface area contributed by atoms with E-state index in [-0.39, 0.29) is 16.5 Å². The number of carbonyl (C=O) groups is 1. The van der Waals surface area contributed by atoms with E-state index in [0.29, 0.717) is 18.8 Å². The van der Waals surface area contributed by atoms with Gasteiger partial charge in [-0.1, -0.05) is 24.9 Å². The fourth-order valence-electron chi connectivity index (χ4n) is 1.79. The zero-order valence-corrected chi connectivity index (χ0v) is 13.8. The molecule has 0 saturated carbocycles. The number of carbonyl (C=O) groups excluding carboxylic acids is 1. The zero-order chi connectivity index (χ0) is 16.0. The predicted molar refractivity (Wildman–Crippen MR) is 84.8 cm³/mol. The molecular formula is C14H23ClN4O2. The maximum atomic E-state index is 12.1. The lowest BCUT2D eigenvalue weighted by Gasteiger charge is -2.23. The molecule has 0 radical (unpaired) electrons. The van der Waals surface area contributed by atoms with Crippen molar-refractivity contribution in [3.8, 4) is 0 Å². The molecule has 1 aromatic heterocycles. The molecule has 0 aliphatic carbocycles. The molecule has 0 fully saturated rings. The minimum absolute atomic E-state index is 0.0876. The molecule has 1 amide bonds. The average Bonchev–Trinajstić information content (AvgIpc) is 2.46. The number of unbranched alkanes of at least 4 members (excludes halogenated alkanes) is 1. The minimum Gasteiger partial charge on any atom is -0.381 e. The van der Waals surface area contributed by atoms with E-state index in [1.807, 2.05) is 20.8 Å². The Morgan fingerprint density at radius 2 is 2.14 bits per heavy atom. The number of aryl methyl sites for hydroxylation is 1. The van der Waals surface area contributed by atoms with Crippen molar-refractivity contribution in [1.82, 2.24) is 15.1 Å². The van der Waals surface area contributed by atoms with Crippen LogP contribution in [-0.4, -0.2) is 29.3 Å². The van der Waals surface area contributed by atoms with E-state index >= 15 is 0 Å². The largest absolute Gasteiger partial charge is 0.381 e. The molecular weight excluding hydrogens is 292 g/mol. The number of nitrogens with zero attached hydrogens (tertiary/aromatic N) is 2. The predicted octanol–water partition coefficient (Wildman–Crippen LogP) is 1.88. The summed E-state index contributed by atoms with van der Waals surface area (Å²) < 4.78 is 1.36. The Hall–Kier alpha value is -1.56. The Morgan fingerprint density at radius 3 is 2.71 bits per heavy atom. The van der Waals surface area contributed by atoms with Gasteiger partial charge in [-0.3, -0.25) is 9.59 Å². The first-order valence-electron chi connectivity index (χ1n) is 7.05. The van der Waals surface area contributed by atoms with Crippen molar-refractivity contribution in [2.75, 3.05) is 18.9 Å². The molecule has 118 valence electrons. The molecule has 1 rings (SSSR count). The molecule has 0 aliphatic rings. The zero-order valence-electron chi connectivity index (χ0n) is 13.0. The van der Waals surface area contributed by atoms with E-state index in [1.54, 1.807) is 7.05 Å². The monoisotopic (exact) mass is 314 g/mol. The van der Waals surface area contributed by atoms with E-state index in [2.05, 4.69) is 15.7 Å². The Balaban J connectivity index is 2.84. The lowest BCUT2D eigenvalue weighted by atomic mass is 9.92. The number of amides is 1.